The zero-order valence-corrected chi connectivity index (χ0v) is 12.4. The topological polar surface area (TPSA) is 72.2 Å². The van der Waals surface area contributed by atoms with Crippen LogP contribution in [-0.2, 0) is 0 Å². The van der Waals surface area contributed by atoms with Gasteiger partial charge in [-0.1, -0.05) is 6.07 Å². The summed E-state index contributed by atoms with van der Waals surface area (Å²) in [6, 6.07) is 7.74. The highest BCUT2D eigenvalue weighted by Gasteiger charge is 2.23. The Labute approximate surface area is 131 Å². The van der Waals surface area contributed by atoms with Crippen molar-refractivity contribution in [1.82, 2.24) is 0 Å². The highest BCUT2D eigenvalue weighted by atomic mass is 127. The Morgan fingerprint density at radius 3 is 2.57 bits per heavy atom. The van der Waals surface area contributed by atoms with Crippen molar-refractivity contribution in [3.8, 4) is 0 Å². The van der Waals surface area contributed by atoms with Crippen LogP contribution in [0.3, 0.4) is 0 Å². The van der Waals surface area contributed by atoms with Gasteiger partial charge in [0.15, 0.2) is 17.3 Å². The van der Waals surface area contributed by atoms with Crippen LogP contribution in [0, 0.1) is 25.3 Å². The van der Waals surface area contributed by atoms with Gasteiger partial charge in [0.1, 0.15) is 0 Å². The van der Waals surface area contributed by atoms with Gasteiger partial charge in [0.25, 0.3) is 11.6 Å². The number of carbonyl (C=O) groups is 1. The van der Waals surface area contributed by atoms with Crippen LogP contribution in [0.1, 0.15) is 10.4 Å². The van der Waals surface area contributed by atoms with Crippen LogP contribution < -0.4 is 5.32 Å². The molecule has 0 aliphatic heterocycles. The number of nitrogens with one attached hydrogen (secondary N) is 1. The summed E-state index contributed by atoms with van der Waals surface area (Å²) in [7, 11) is 0. The molecule has 0 aromatic heterocycles. The fourth-order valence-electron chi connectivity index (χ4n) is 1.63. The van der Waals surface area contributed by atoms with E-state index in [-0.39, 0.29) is 5.56 Å². The van der Waals surface area contributed by atoms with Gasteiger partial charge in [-0.05, 0) is 46.9 Å². The van der Waals surface area contributed by atoms with Gasteiger partial charge < -0.3 is 5.32 Å². The van der Waals surface area contributed by atoms with Crippen molar-refractivity contribution in [1.29, 1.82) is 0 Å². The zero-order valence-electron chi connectivity index (χ0n) is 10.3. The lowest BCUT2D eigenvalue weighted by Crippen LogP contribution is -2.15. The van der Waals surface area contributed by atoms with Crippen molar-refractivity contribution >= 4 is 39.9 Å². The lowest BCUT2D eigenvalue weighted by atomic mass is 10.2. The molecule has 5 nitrogen and oxygen atoms in total. The third kappa shape index (κ3) is 3.32. The largest absolute Gasteiger partial charge is 0.314 e. The van der Waals surface area contributed by atoms with Crippen LogP contribution in [0.2, 0.25) is 0 Å². The van der Waals surface area contributed by atoms with Gasteiger partial charge in [-0.15, -0.1) is 0 Å². The molecule has 0 atom stereocenters. The van der Waals surface area contributed by atoms with E-state index in [9.17, 15) is 23.7 Å². The molecule has 2 aromatic rings. The van der Waals surface area contributed by atoms with Gasteiger partial charge in [0, 0.05) is 15.2 Å². The molecule has 0 fully saturated rings. The summed E-state index contributed by atoms with van der Waals surface area (Å²) in [4.78, 5) is 21.9. The molecule has 1 amide bonds. The van der Waals surface area contributed by atoms with Crippen LogP contribution in [-0.4, -0.2) is 10.8 Å². The van der Waals surface area contributed by atoms with Gasteiger partial charge in [0.05, 0.1) is 4.92 Å². The maximum Gasteiger partial charge on any atom is 0.296 e. The molecule has 8 heteroatoms. The number of carbonyl (C=O) groups excluding carboxylic acids is 1. The first-order chi connectivity index (χ1) is 9.90. The molecule has 2 rings (SSSR count). The highest BCUT2D eigenvalue weighted by Crippen LogP contribution is 2.29. The monoisotopic (exact) mass is 404 g/mol. The lowest BCUT2D eigenvalue weighted by molar-refractivity contribution is -0.384. The average molecular weight is 404 g/mol. The number of nitro groups is 1. The molecule has 0 radical (unpaired) electrons. The summed E-state index contributed by atoms with van der Waals surface area (Å²) < 4.78 is 27.6. The number of amides is 1. The lowest BCUT2D eigenvalue weighted by Gasteiger charge is -2.08. The third-order valence-electron chi connectivity index (χ3n) is 2.59. The number of benzene rings is 2. The summed E-state index contributed by atoms with van der Waals surface area (Å²) in [6.45, 7) is 0. The van der Waals surface area contributed by atoms with Crippen LogP contribution in [0.25, 0.3) is 0 Å². The standard InChI is InChI=1S/C13H7F2IN2O3/c14-9-4-5-10(18(20)21)12(11(9)15)17-13(19)7-2-1-3-8(16)6-7/h1-6H,(H,17,19). The number of hydrogen-bond donors (Lipinski definition) is 1. The fraction of sp³-hybridized carbons (Fsp3) is 0. The van der Waals surface area contributed by atoms with Crippen molar-refractivity contribution in [2.24, 2.45) is 0 Å². The van der Waals surface area contributed by atoms with Crippen molar-refractivity contribution in [3.05, 3.63) is 67.3 Å². The number of rotatable bonds is 3. The van der Waals surface area contributed by atoms with E-state index in [1.165, 1.54) is 12.1 Å². The van der Waals surface area contributed by atoms with Crippen molar-refractivity contribution in [2.75, 3.05) is 5.32 Å². The second kappa shape index (κ2) is 6.12. The van der Waals surface area contributed by atoms with E-state index in [0.29, 0.717) is 6.07 Å². The van der Waals surface area contributed by atoms with Crippen molar-refractivity contribution in [2.45, 2.75) is 0 Å². The average Bonchev–Trinajstić information content (AvgIpc) is 2.43. The number of anilines is 1. The SMILES string of the molecule is O=C(Nc1c([N+](=O)[O-])ccc(F)c1F)c1cccc(I)c1. The molecule has 108 valence electrons. The summed E-state index contributed by atoms with van der Waals surface area (Å²) in [5.74, 6) is -3.51. The Kier molecular flexibility index (Phi) is 4.46. The highest BCUT2D eigenvalue weighted by molar-refractivity contribution is 14.1. The molecule has 0 aliphatic carbocycles. The molecule has 0 saturated carbocycles. The number of halogens is 3. The summed E-state index contributed by atoms with van der Waals surface area (Å²) in [5, 5.41) is 12.9. The van der Waals surface area contributed by atoms with Crippen LogP contribution >= 0.6 is 22.6 Å². The van der Waals surface area contributed by atoms with E-state index >= 15 is 0 Å². The number of nitrogens with zero attached hydrogens (tertiary/aromatic N) is 1. The molecule has 0 saturated heterocycles. The molecule has 21 heavy (non-hydrogen) atoms. The quantitative estimate of drug-likeness (QED) is 0.482. The Hall–Kier alpha value is -2.10. The summed E-state index contributed by atoms with van der Waals surface area (Å²) in [5.41, 5.74) is -1.32. The van der Waals surface area contributed by atoms with Crippen LogP contribution in [0.4, 0.5) is 20.2 Å². The fourth-order valence-corrected chi connectivity index (χ4v) is 2.17. The Morgan fingerprint density at radius 1 is 1.24 bits per heavy atom. The van der Waals surface area contributed by atoms with Gasteiger partial charge in [0.2, 0.25) is 0 Å². The first-order valence-corrected chi connectivity index (χ1v) is 6.67. The molecule has 0 spiro atoms. The van der Waals surface area contributed by atoms with Crippen molar-refractivity contribution < 1.29 is 18.5 Å². The van der Waals surface area contributed by atoms with Gasteiger partial charge in [-0.25, -0.2) is 8.78 Å². The van der Waals surface area contributed by atoms with E-state index in [4.69, 9.17) is 0 Å². The normalized spacial score (nSPS) is 10.2. The van der Waals surface area contributed by atoms with Crippen LogP contribution in [0.5, 0.6) is 0 Å². The van der Waals surface area contributed by atoms with E-state index in [0.717, 1.165) is 9.64 Å². The maximum atomic E-state index is 13.7. The molecule has 0 unspecified atom stereocenters. The Morgan fingerprint density at radius 2 is 1.95 bits per heavy atom. The molecular weight excluding hydrogens is 397 g/mol. The molecule has 0 aliphatic rings. The second-order valence-corrected chi connectivity index (χ2v) is 5.22. The minimum atomic E-state index is -1.47. The van der Waals surface area contributed by atoms with Gasteiger partial charge >= 0.3 is 0 Å². The third-order valence-corrected chi connectivity index (χ3v) is 3.27. The zero-order chi connectivity index (χ0) is 15.6. The predicted molar refractivity (Wildman–Crippen MR) is 80.1 cm³/mol. The second-order valence-electron chi connectivity index (χ2n) is 3.98. The minimum Gasteiger partial charge on any atom is -0.314 e. The first kappa shape index (κ1) is 15.3. The van der Waals surface area contributed by atoms with Gasteiger partial charge in [-0.2, -0.15) is 0 Å². The Bertz CT molecular complexity index is 737. The first-order valence-electron chi connectivity index (χ1n) is 5.59. The predicted octanol–water partition coefficient (Wildman–Crippen LogP) is 3.73. The molecular formula is C13H7F2IN2O3. The molecule has 1 N–H and O–H groups in total. The van der Waals surface area contributed by atoms with Gasteiger partial charge in [-0.3, -0.25) is 14.9 Å². The molecule has 0 heterocycles. The van der Waals surface area contributed by atoms with E-state index < -0.39 is 33.8 Å². The van der Waals surface area contributed by atoms with E-state index in [1.54, 1.807) is 12.1 Å². The van der Waals surface area contributed by atoms with E-state index in [2.05, 4.69) is 0 Å². The summed E-state index contributed by atoms with van der Waals surface area (Å²) in [6.07, 6.45) is 0. The van der Waals surface area contributed by atoms with Crippen LogP contribution in [0.15, 0.2) is 36.4 Å². The smallest absolute Gasteiger partial charge is 0.296 e. The molecule has 2 aromatic carbocycles. The number of nitro benzene ring substituents is 1. The maximum absolute atomic E-state index is 13.7. The van der Waals surface area contributed by atoms with Crippen molar-refractivity contribution in [3.63, 3.8) is 0 Å². The molecule has 0 bridgehead atoms. The Balaban J connectivity index is 2.41. The minimum absolute atomic E-state index is 0.180. The summed E-state index contributed by atoms with van der Waals surface area (Å²) >= 11 is 1.98. The van der Waals surface area contributed by atoms with E-state index in [1.807, 2.05) is 27.9 Å². The number of hydrogen-bond acceptors (Lipinski definition) is 3.